The molecule has 13 heteroatoms. The van der Waals surface area contributed by atoms with Gasteiger partial charge in [0.1, 0.15) is 11.6 Å². The number of nitrogens with zero attached hydrogens (tertiary/aromatic N) is 4. The van der Waals surface area contributed by atoms with E-state index in [1.807, 2.05) is 19.9 Å². The Kier molecular flexibility index (Phi) is 6.64. The lowest BCUT2D eigenvalue weighted by Gasteiger charge is -2.24. The van der Waals surface area contributed by atoms with Crippen LogP contribution in [0.1, 0.15) is 47.8 Å². The summed E-state index contributed by atoms with van der Waals surface area (Å²) in [6, 6.07) is 8.74. The number of pyridine rings is 1. The Labute approximate surface area is 236 Å². The Morgan fingerprint density at radius 3 is 2.62 bits per heavy atom. The van der Waals surface area contributed by atoms with Crippen molar-refractivity contribution in [2.24, 2.45) is 5.92 Å². The molecule has 1 unspecified atom stereocenters. The van der Waals surface area contributed by atoms with Gasteiger partial charge in [-0.3, -0.25) is 14.5 Å². The number of benzene rings is 1. The van der Waals surface area contributed by atoms with Gasteiger partial charge in [-0.15, -0.1) is 0 Å². The van der Waals surface area contributed by atoms with E-state index in [2.05, 4.69) is 20.0 Å². The van der Waals surface area contributed by atoms with Gasteiger partial charge in [-0.2, -0.15) is 0 Å². The molecule has 4 heterocycles. The Morgan fingerprint density at radius 2 is 1.95 bits per heavy atom. The fraction of sp³-hybridized carbons (Fsp3) is 0.407. The van der Waals surface area contributed by atoms with Crippen LogP contribution in [-0.4, -0.2) is 65.9 Å². The van der Waals surface area contributed by atoms with Crippen LogP contribution in [0.15, 0.2) is 35.2 Å². The molecule has 1 saturated heterocycles. The van der Waals surface area contributed by atoms with Gasteiger partial charge in [0, 0.05) is 12.6 Å². The number of thiazole rings is 1. The fourth-order valence-electron chi connectivity index (χ4n) is 5.44. The van der Waals surface area contributed by atoms with Crippen LogP contribution in [0.2, 0.25) is 0 Å². The summed E-state index contributed by atoms with van der Waals surface area (Å²) in [6.45, 7) is 4.45. The number of anilines is 3. The third kappa shape index (κ3) is 4.76. The van der Waals surface area contributed by atoms with Crippen LogP contribution >= 0.6 is 11.3 Å². The van der Waals surface area contributed by atoms with Gasteiger partial charge in [-0.05, 0) is 75.0 Å². The van der Waals surface area contributed by atoms with Crippen molar-refractivity contribution >= 4 is 49.9 Å². The highest BCUT2D eigenvalue weighted by Gasteiger charge is 2.41. The number of carbonyl (C=O) groups is 2. The molecule has 3 N–H and O–H groups in total. The monoisotopic (exact) mass is 582 g/mol. The molecule has 1 saturated carbocycles. The molecule has 0 spiro atoms. The van der Waals surface area contributed by atoms with Gasteiger partial charge in [0.15, 0.2) is 5.13 Å². The van der Waals surface area contributed by atoms with Crippen LogP contribution in [-0.2, 0) is 21.4 Å². The zero-order valence-electron chi connectivity index (χ0n) is 22.3. The summed E-state index contributed by atoms with van der Waals surface area (Å²) in [5, 5.41) is 13.6. The van der Waals surface area contributed by atoms with Crippen LogP contribution in [0.25, 0.3) is 10.4 Å². The van der Waals surface area contributed by atoms with Gasteiger partial charge < -0.3 is 15.3 Å². The first-order chi connectivity index (χ1) is 19.1. The molecule has 2 atom stereocenters. The highest BCUT2D eigenvalue weighted by atomic mass is 32.2. The second-order valence-electron chi connectivity index (χ2n) is 10.5. The number of hydrogen-bond donors (Lipinski definition) is 3. The lowest BCUT2D eigenvalue weighted by Crippen LogP contribution is -2.35. The van der Waals surface area contributed by atoms with Crippen molar-refractivity contribution in [2.45, 2.75) is 56.7 Å². The predicted octanol–water partition coefficient (Wildman–Crippen LogP) is 3.02. The number of rotatable bonds is 8. The lowest BCUT2D eigenvalue weighted by atomic mass is 10.0. The lowest BCUT2D eigenvalue weighted by molar-refractivity contribution is -0.117. The number of hydrogen-bond acceptors (Lipinski definition) is 9. The van der Waals surface area contributed by atoms with Crippen molar-refractivity contribution in [1.29, 1.82) is 0 Å². The number of aryl methyl sites for hydroxylation is 1. The molecule has 2 aromatic heterocycles. The average Bonchev–Trinajstić information content (AvgIpc) is 3.53. The van der Waals surface area contributed by atoms with Crippen LogP contribution < -0.4 is 14.9 Å². The number of aromatic nitrogens is 2. The van der Waals surface area contributed by atoms with Crippen LogP contribution in [0.4, 0.5) is 16.8 Å². The Hall–Kier alpha value is -3.39. The van der Waals surface area contributed by atoms with E-state index in [4.69, 9.17) is 0 Å². The normalized spacial score (nSPS) is 19.9. The highest BCUT2D eigenvalue weighted by molar-refractivity contribution is 7.89. The van der Waals surface area contributed by atoms with Gasteiger partial charge in [0.25, 0.3) is 5.91 Å². The SMILES string of the molecule is CNS(=O)(=O)c1cc(-c2sc(Nc3cccc(N4C[C@H](O)CC4=O)n3)nc2C)cc2c1C(=O)N(C(C)C1CC1)C2. The summed E-state index contributed by atoms with van der Waals surface area (Å²) in [5.74, 6) is 0.954. The number of carbonyl (C=O) groups excluding carboxylic acids is 2. The molecule has 3 aromatic rings. The molecule has 40 heavy (non-hydrogen) atoms. The number of aliphatic hydroxyl groups excluding tert-OH is 1. The summed E-state index contributed by atoms with van der Waals surface area (Å²) < 4.78 is 28.5. The predicted molar refractivity (Wildman–Crippen MR) is 151 cm³/mol. The number of aliphatic hydroxyl groups is 1. The van der Waals surface area contributed by atoms with E-state index in [0.29, 0.717) is 46.1 Å². The first kappa shape index (κ1) is 26.8. The van der Waals surface area contributed by atoms with Crippen molar-refractivity contribution < 1.29 is 23.1 Å². The van der Waals surface area contributed by atoms with Crippen LogP contribution in [0.5, 0.6) is 0 Å². The third-order valence-corrected chi connectivity index (χ3v) is 10.3. The molecular weight excluding hydrogens is 552 g/mol. The number of fused-ring (bicyclic) bond motifs is 1. The first-order valence-corrected chi connectivity index (χ1v) is 15.5. The number of sulfonamides is 1. The third-order valence-electron chi connectivity index (χ3n) is 7.76. The Morgan fingerprint density at radius 1 is 1.18 bits per heavy atom. The van der Waals surface area contributed by atoms with Crippen molar-refractivity contribution in [3.63, 3.8) is 0 Å². The fourth-order valence-corrected chi connectivity index (χ4v) is 7.39. The topological polar surface area (TPSA) is 145 Å². The minimum atomic E-state index is -3.91. The van der Waals surface area contributed by atoms with E-state index >= 15 is 0 Å². The number of β-amino-alcohol motifs (C(OH)–C–C–N with tert-alkyl or cyclic N) is 1. The average molecular weight is 583 g/mol. The van der Waals surface area contributed by atoms with Crippen molar-refractivity contribution in [1.82, 2.24) is 19.6 Å². The van der Waals surface area contributed by atoms with Gasteiger partial charge in [-0.25, -0.2) is 23.1 Å². The van der Waals surface area contributed by atoms with E-state index < -0.39 is 16.1 Å². The quantitative estimate of drug-likeness (QED) is 0.368. The summed E-state index contributed by atoms with van der Waals surface area (Å²) >= 11 is 1.35. The van der Waals surface area contributed by atoms with Gasteiger partial charge >= 0.3 is 0 Å². The first-order valence-electron chi connectivity index (χ1n) is 13.2. The minimum Gasteiger partial charge on any atom is -0.391 e. The van der Waals surface area contributed by atoms with Crippen molar-refractivity contribution in [3.05, 3.63) is 47.2 Å². The van der Waals surface area contributed by atoms with E-state index in [-0.39, 0.29) is 41.3 Å². The Bertz CT molecular complexity index is 1630. The molecule has 2 aliphatic heterocycles. The zero-order valence-corrected chi connectivity index (χ0v) is 24.0. The van der Waals surface area contributed by atoms with Gasteiger partial charge in [0.05, 0.1) is 40.1 Å². The minimum absolute atomic E-state index is 0.0212. The Balaban J connectivity index is 1.33. The second-order valence-corrected chi connectivity index (χ2v) is 13.4. The van der Waals surface area contributed by atoms with Crippen LogP contribution in [0, 0.1) is 12.8 Å². The molecule has 210 valence electrons. The van der Waals surface area contributed by atoms with E-state index in [1.165, 1.54) is 23.3 Å². The molecule has 2 amide bonds. The molecule has 6 rings (SSSR count). The number of nitrogens with one attached hydrogen (secondary N) is 2. The van der Waals surface area contributed by atoms with Gasteiger partial charge in [-0.1, -0.05) is 17.4 Å². The molecule has 0 radical (unpaired) electrons. The van der Waals surface area contributed by atoms with Gasteiger partial charge in [0.2, 0.25) is 15.9 Å². The standard InChI is InChI=1S/C27H30N6O5S2/c1-14-25(39-27(29-14)31-21-5-4-6-22(30-21)33-13-19(34)11-23(33)35)17-9-18-12-32(15(2)16-7-8-16)26(36)24(18)20(10-17)40(37,38)28-3/h4-6,9-10,15-16,19,28,34H,7-8,11-13H2,1-3H3,(H,29,30,31)/t15?,19-/m1/s1. The summed E-state index contributed by atoms with van der Waals surface area (Å²) in [5.41, 5.74) is 2.30. The maximum Gasteiger partial charge on any atom is 0.256 e. The van der Waals surface area contributed by atoms with Crippen LogP contribution in [0.3, 0.4) is 0 Å². The maximum atomic E-state index is 13.4. The van der Waals surface area contributed by atoms with E-state index in [1.54, 1.807) is 29.2 Å². The summed E-state index contributed by atoms with van der Waals surface area (Å²) in [4.78, 5) is 38.8. The molecule has 3 aliphatic rings. The molecule has 1 aliphatic carbocycles. The van der Waals surface area contributed by atoms with E-state index in [9.17, 15) is 23.1 Å². The maximum absolute atomic E-state index is 13.4. The molecular formula is C27H30N6O5S2. The molecule has 0 bridgehead atoms. The molecule has 1 aromatic carbocycles. The van der Waals surface area contributed by atoms with E-state index in [0.717, 1.165) is 17.7 Å². The van der Waals surface area contributed by atoms with Crippen molar-refractivity contribution in [3.8, 4) is 10.4 Å². The van der Waals surface area contributed by atoms with Crippen molar-refractivity contribution in [2.75, 3.05) is 23.8 Å². The second kappa shape index (κ2) is 9.91. The summed E-state index contributed by atoms with van der Waals surface area (Å²) in [7, 11) is -2.56. The smallest absolute Gasteiger partial charge is 0.256 e. The summed E-state index contributed by atoms with van der Waals surface area (Å²) in [6.07, 6.45) is 1.53. The number of amides is 2. The largest absolute Gasteiger partial charge is 0.391 e. The highest BCUT2D eigenvalue weighted by Crippen LogP contribution is 2.42. The molecule has 11 nitrogen and oxygen atoms in total. The molecule has 2 fully saturated rings. The zero-order chi connectivity index (χ0) is 28.3.